The molecule has 1 aliphatic heterocycles. The summed E-state index contributed by atoms with van der Waals surface area (Å²) in [5.41, 5.74) is 0.205. The highest BCUT2D eigenvalue weighted by atomic mass is 32.2. The molecular weight excluding hydrogens is 332 g/mol. The molecule has 0 bridgehead atoms. The Morgan fingerprint density at radius 3 is 2.33 bits per heavy atom. The number of benzene rings is 1. The molecule has 1 aliphatic rings. The van der Waals surface area contributed by atoms with Gasteiger partial charge in [0.05, 0.1) is 10.5 Å². The molecule has 2 rings (SSSR count). The molecule has 1 amide bonds. The zero-order valence-electron chi connectivity index (χ0n) is 13.7. The third kappa shape index (κ3) is 4.78. The SMILES string of the molecule is CCNS(=O)(=O)c1ccc(C(=O)OCC(=O)N2CCCCC2)cc1. The Kier molecular flexibility index (Phi) is 6.33. The van der Waals surface area contributed by atoms with E-state index in [9.17, 15) is 18.0 Å². The summed E-state index contributed by atoms with van der Waals surface area (Å²) in [6.45, 7) is 3.07. The van der Waals surface area contributed by atoms with Gasteiger partial charge in [-0.25, -0.2) is 17.9 Å². The van der Waals surface area contributed by atoms with Crippen molar-refractivity contribution < 1.29 is 22.7 Å². The van der Waals surface area contributed by atoms with E-state index in [0.717, 1.165) is 19.3 Å². The van der Waals surface area contributed by atoms with E-state index in [-0.39, 0.29) is 29.5 Å². The lowest BCUT2D eigenvalue weighted by atomic mass is 10.1. The Hall–Kier alpha value is -1.93. The molecule has 1 aromatic rings. The number of likely N-dealkylation sites (tertiary alicyclic amines) is 1. The van der Waals surface area contributed by atoms with E-state index in [1.54, 1.807) is 11.8 Å². The number of hydrogen-bond donors (Lipinski definition) is 1. The number of amides is 1. The molecular formula is C16H22N2O5S. The first-order valence-electron chi connectivity index (χ1n) is 7.98. The molecule has 132 valence electrons. The fourth-order valence-electron chi connectivity index (χ4n) is 2.49. The molecule has 0 saturated carbocycles. The minimum atomic E-state index is -3.56. The van der Waals surface area contributed by atoms with Gasteiger partial charge in [-0.15, -0.1) is 0 Å². The maximum absolute atomic E-state index is 12.0. The highest BCUT2D eigenvalue weighted by Crippen LogP contribution is 2.12. The van der Waals surface area contributed by atoms with Gasteiger partial charge in [0.15, 0.2) is 6.61 Å². The van der Waals surface area contributed by atoms with Crippen LogP contribution in [0.3, 0.4) is 0 Å². The van der Waals surface area contributed by atoms with Gasteiger partial charge >= 0.3 is 5.97 Å². The number of piperidine rings is 1. The van der Waals surface area contributed by atoms with E-state index in [4.69, 9.17) is 4.74 Å². The van der Waals surface area contributed by atoms with Crippen molar-refractivity contribution in [3.8, 4) is 0 Å². The van der Waals surface area contributed by atoms with Gasteiger partial charge in [-0.1, -0.05) is 6.92 Å². The molecule has 0 atom stereocenters. The lowest BCUT2D eigenvalue weighted by Crippen LogP contribution is -2.38. The summed E-state index contributed by atoms with van der Waals surface area (Å²) in [6.07, 6.45) is 3.06. The third-order valence-electron chi connectivity index (χ3n) is 3.77. The van der Waals surface area contributed by atoms with Gasteiger partial charge in [-0.05, 0) is 43.5 Å². The normalized spacial score (nSPS) is 15.1. The summed E-state index contributed by atoms with van der Waals surface area (Å²) in [7, 11) is -3.56. The molecule has 7 nitrogen and oxygen atoms in total. The molecule has 1 fully saturated rings. The smallest absolute Gasteiger partial charge is 0.338 e. The molecule has 24 heavy (non-hydrogen) atoms. The summed E-state index contributed by atoms with van der Waals surface area (Å²) in [4.78, 5) is 25.7. The average Bonchev–Trinajstić information content (AvgIpc) is 2.60. The molecule has 1 N–H and O–H groups in total. The third-order valence-corrected chi connectivity index (χ3v) is 5.33. The fourth-order valence-corrected chi connectivity index (χ4v) is 3.53. The van der Waals surface area contributed by atoms with Crippen LogP contribution >= 0.6 is 0 Å². The Morgan fingerprint density at radius 2 is 1.75 bits per heavy atom. The zero-order valence-corrected chi connectivity index (χ0v) is 14.5. The van der Waals surface area contributed by atoms with E-state index in [2.05, 4.69) is 4.72 Å². The fraction of sp³-hybridized carbons (Fsp3) is 0.500. The molecule has 8 heteroatoms. The summed E-state index contributed by atoms with van der Waals surface area (Å²) in [5, 5.41) is 0. The van der Waals surface area contributed by atoms with Crippen molar-refractivity contribution in [1.29, 1.82) is 0 Å². The molecule has 0 aliphatic carbocycles. The minimum Gasteiger partial charge on any atom is -0.452 e. The second-order valence-corrected chi connectivity index (χ2v) is 7.31. The molecule has 0 radical (unpaired) electrons. The topological polar surface area (TPSA) is 92.8 Å². The van der Waals surface area contributed by atoms with Crippen LogP contribution in [-0.2, 0) is 19.6 Å². The Bertz CT molecular complexity index is 679. The van der Waals surface area contributed by atoms with Crippen molar-refractivity contribution in [2.45, 2.75) is 31.1 Å². The molecule has 0 spiro atoms. The number of carbonyl (C=O) groups excluding carboxylic acids is 2. The summed E-state index contributed by atoms with van der Waals surface area (Å²) < 4.78 is 31.0. The Morgan fingerprint density at radius 1 is 1.12 bits per heavy atom. The number of hydrogen-bond acceptors (Lipinski definition) is 5. The summed E-state index contributed by atoms with van der Waals surface area (Å²) in [6, 6.07) is 5.41. The predicted molar refractivity (Wildman–Crippen MR) is 88.0 cm³/mol. The number of carbonyl (C=O) groups is 2. The van der Waals surface area contributed by atoms with Gasteiger partial charge in [-0.3, -0.25) is 4.79 Å². The molecule has 1 heterocycles. The van der Waals surface area contributed by atoms with Crippen LogP contribution in [0.4, 0.5) is 0 Å². The van der Waals surface area contributed by atoms with Crippen molar-refractivity contribution >= 4 is 21.9 Å². The second-order valence-electron chi connectivity index (χ2n) is 5.54. The first-order valence-corrected chi connectivity index (χ1v) is 9.47. The van der Waals surface area contributed by atoms with Gasteiger partial charge in [-0.2, -0.15) is 0 Å². The highest BCUT2D eigenvalue weighted by molar-refractivity contribution is 7.89. The zero-order chi connectivity index (χ0) is 17.6. The summed E-state index contributed by atoms with van der Waals surface area (Å²) >= 11 is 0. The number of sulfonamides is 1. The maximum Gasteiger partial charge on any atom is 0.338 e. The van der Waals surface area contributed by atoms with Crippen LogP contribution in [-0.4, -0.2) is 51.4 Å². The number of nitrogens with zero attached hydrogens (tertiary/aromatic N) is 1. The van der Waals surface area contributed by atoms with Crippen LogP contribution in [0, 0.1) is 0 Å². The Labute approximate surface area is 142 Å². The van der Waals surface area contributed by atoms with Crippen LogP contribution in [0.2, 0.25) is 0 Å². The number of esters is 1. The van der Waals surface area contributed by atoms with Crippen molar-refractivity contribution in [1.82, 2.24) is 9.62 Å². The van der Waals surface area contributed by atoms with E-state index >= 15 is 0 Å². The van der Waals surface area contributed by atoms with Gasteiger partial charge in [0, 0.05) is 19.6 Å². The van der Waals surface area contributed by atoms with E-state index in [1.807, 2.05) is 0 Å². The van der Waals surface area contributed by atoms with Gasteiger partial charge < -0.3 is 9.64 Å². The minimum absolute atomic E-state index is 0.0743. The standard InChI is InChI=1S/C16H22N2O5S/c1-2-17-24(21,22)14-8-6-13(7-9-14)16(20)23-12-15(19)18-10-4-3-5-11-18/h6-9,17H,2-5,10-12H2,1H3. The monoisotopic (exact) mass is 354 g/mol. The number of nitrogens with one attached hydrogen (secondary N) is 1. The maximum atomic E-state index is 12.0. The quantitative estimate of drug-likeness (QED) is 0.774. The lowest BCUT2D eigenvalue weighted by molar-refractivity contribution is -0.135. The van der Waals surface area contributed by atoms with Crippen molar-refractivity contribution in [3.63, 3.8) is 0 Å². The molecule has 0 aromatic heterocycles. The number of ether oxygens (including phenoxy) is 1. The number of rotatable bonds is 6. The van der Waals surface area contributed by atoms with Gasteiger partial charge in [0.25, 0.3) is 5.91 Å². The largest absolute Gasteiger partial charge is 0.452 e. The van der Waals surface area contributed by atoms with Crippen molar-refractivity contribution in [2.75, 3.05) is 26.2 Å². The van der Waals surface area contributed by atoms with Crippen LogP contribution in [0.5, 0.6) is 0 Å². The van der Waals surface area contributed by atoms with E-state index in [0.29, 0.717) is 13.1 Å². The van der Waals surface area contributed by atoms with Gasteiger partial charge in [0.2, 0.25) is 10.0 Å². The van der Waals surface area contributed by atoms with Crippen molar-refractivity contribution in [2.24, 2.45) is 0 Å². The molecule has 1 saturated heterocycles. The lowest BCUT2D eigenvalue weighted by Gasteiger charge is -2.26. The van der Waals surface area contributed by atoms with Crippen LogP contribution in [0.25, 0.3) is 0 Å². The van der Waals surface area contributed by atoms with Gasteiger partial charge in [0.1, 0.15) is 0 Å². The van der Waals surface area contributed by atoms with E-state index < -0.39 is 16.0 Å². The summed E-state index contributed by atoms with van der Waals surface area (Å²) in [5.74, 6) is -0.845. The van der Waals surface area contributed by atoms with Crippen molar-refractivity contribution in [3.05, 3.63) is 29.8 Å². The molecule has 1 aromatic carbocycles. The highest BCUT2D eigenvalue weighted by Gasteiger charge is 2.19. The first-order chi connectivity index (χ1) is 11.4. The average molecular weight is 354 g/mol. The van der Waals surface area contributed by atoms with Crippen LogP contribution in [0.1, 0.15) is 36.5 Å². The predicted octanol–water partition coefficient (Wildman–Crippen LogP) is 1.15. The van der Waals surface area contributed by atoms with Crippen LogP contribution < -0.4 is 4.72 Å². The van der Waals surface area contributed by atoms with E-state index in [1.165, 1.54) is 24.3 Å². The second kappa shape index (κ2) is 8.25. The van der Waals surface area contributed by atoms with Crippen LogP contribution in [0.15, 0.2) is 29.2 Å². The molecule has 0 unspecified atom stereocenters. The first kappa shape index (κ1) is 18.4. The Balaban J connectivity index is 1.91.